The van der Waals surface area contributed by atoms with E-state index in [1.807, 2.05) is 35.9 Å². The molecule has 2 rings (SSSR count). The Balaban J connectivity index is 2.68. The van der Waals surface area contributed by atoms with Crippen LogP contribution in [0.1, 0.15) is 11.3 Å². The van der Waals surface area contributed by atoms with Gasteiger partial charge in [0.25, 0.3) is 0 Å². The Morgan fingerprint density at radius 2 is 2.23 bits per heavy atom. The third-order valence-corrected chi connectivity index (χ3v) is 2.06. The number of hydrogen-bond donors (Lipinski definition) is 1. The number of pyridine rings is 1. The van der Waals surface area contributed by atoms with Gasteiger partial charge in [0.1, 0.15) is 16.3 Å². The fourth-order valence-electron chi connectivity index (χ4n) is 1.22. The summed E-state index contributed by atoms with van der Waals surface area (Å²) in [5, 5.41) is 0. The van der Waals surface area contributed by atoms with Gasteiger partial charge in [-0.25, -0.2) is 4.98 Å². The molecular formula is C9H9N3S. The van der Waals surface area contributed by atoms with Gasteiger partial charge in [-0.3, -0.25) is 0 Å². The van der Waals surface area contributed by atoms with Gasteiger partial charge < -0.3 is 10.1 Å². The van der Waals surface area contributed by atoms with Crippen LogP contribution >= 0.6 is 12.2 Å². The van der Waals surface area contributed by atoms with E-state index in [1.54, 1.807) is 0 Å². The monoisotopic (exact) mass is 191 g/mol. The van der Waals surface area contributed by atoms with Gasteiger partial charge in [0.2, 0.25) is 0 Å². The van der Waals surface area contributed by atoms with Crippen molar-refractivity contribution < 1.29 is 0 Å². The van der Waals surface area contributed by atoms with E-state index in [9.17, 15) is 0 Å². The number of rotatable bonds is 1. The normalized spacial score (nSPS) is 10.5. The Morgan fingerprint density at radius 1 is 1.46 bits per heavy atom. The second kappa shape index (κ2) is 2.81. The maximum atomic E-state index is 5.47. The number of aromatic nitrogens is 2. The van der Waals surface area contributed by atoms with Crippen molar-refractivity contribution in [1.29, 1.82) is 0 Å². The zero-order chi connectivity index (χ0) is 9.42. The molecule has 0 aliphatic rings. The third kappa shape index (κ3) is 1.40. The molecule has 66 valence electrons. The highest BCUT2D eigenvalue weighted by Gasteiger charge is 2.02. The first-order chi connectivity index (χ1) is 6.16. The number of imidazole rings is 1. The maximum Gasteiger partial charge on any atom is 0.137 e. The van der Waals surface area contributed by atoms with Crippen LogP contribution in [0, 0.1) is 6.92 Å². The Labute approximate surface area is 81.2 Å². The van der Waals surface area contributed by atoms with Crippen LogP contribution in [0.2, 0.25) is 0 Å². The van der Waals surface area contributed by atoms with Crippen LogP contribution in [0.15, 0.2) is 24.5 Å². The van der Waals surface area contributed by atoms with Crippen molar-refractivity contribution in [3.63, 3.8) is 0 Å². The Morgan fingerprint density at radius 3 is 2.92 bits per heavy atom. The van der Waals surface area contributed by atoms with Gasteiger partial charge >= 0.3 is 0 Å². The fourth-order valence-corrected chi connectivity index (χ4v) is 1.32. The summed E-state index contributed by atoms with van der Waals surface area (Å²) >= 11 is 4.84. The molecule has 2 aromatic heterocycles. The summed E-state index contributed by atoms with van der Waals surface area (Å²) in [6.45, 7) is 2.03. The highest BCUT2D eigenvalue weighted by molar-refractivity contribution is 7.80. The van der Waals surface area contributed by atoms with E-state index in [1.165, 1.54) is 5.56 Å². The highest BCUT2D eigenvalue weighted by atomic mass is 32.1. The van der Waals surface area contributed by atoms with Crippen LogP contribution in [-0.4, -0.2) is 14.4 Å². The van der Waals surface area contributed by atoms with Gasteiger partial charge in [-0.05, 0) is 18.6 Å². The molecule has 0 saturated heterocycles. The van der Waals surface area contributed by atoms with E-state index in [4.69, 9.17) is 18.0 Å². The summed E-state index contributed by atoms with van der Waals surface area (Å²) in [5.41, 5.74) is 8.19. The maximum absolute atomic E-state index is 5.47. The first-order valence-corrected chi connectivity index (χ1v) is 4.33. The zero-order valence-corrected chi connectivity index (χ0v) is 8.01. The molecule has 2 N–H and O–H groups in total. The van der Waals surface area contributed by atoms with Crippen molar-refractivity contribution in [2.75, 3.05) is 0 Å². The minimum atomic E-state index is 0.335. The third-order valence-electron chi connectivity index (χ3n) is 1.85. The Kier molecular flexibility index (Phi) is 1.77. The van der Waals surface area contributed by atoms with Crippen molar-refractivity contribution in [1.82, 2.24) is 9.38 Å². The van der Waals surface area contributed by atoms with Gasteiger partial charge in [-0.2, -0.15) is 0 Å². The van der Waals surface area contributed by atoms with Crippen LogP contribution in [0.4, 0.5) is 0 Å². The molecule has 4 heteroatoms. The molecule has 0 spiro atoms. The SMILES string of the molecule is Cc1ccc2nc(C(N)=S)cn2c1. The molecule has 0 aliphatic heterocycles. The topological polar surface area (TPSA) is 43.3 Å². The molecule has 13 heavy (non-hydrogen) atoms. The molecule has 0 amide bonds. The van der Waals surface area contributed by atoms with E-state index in [0.717, 1.165) is 5.65 Å². The number of aryl methyl sites for hydroxylation is 1. The van der Waals surface area contributed by atoms with E-state index in [2.05, 4.69) is 4.98 Å². The molecule has 0 atom stereocenters. The molecule has 0 bridgehead atoms. The number of thiocarbonyl (C=S) groups is 1. The number of fused-ring (bicyclic) bond motifs is 1. The number of nitrogens with two attached hydrogens (primary N) is 1. The molecule has 2 aromatic rings. The lowest BCUT2D eigenvalue weighted by molar-refractivity contribution is 1.16. The molecule has 0 fully saturated rings. The zero-order valence-electron chi connectivity index (χ0n) is 7.19. The van der Waals surface area contributed by atoms with Gasteiger partial charge in [0.05, 0.1) is 0 Å². The Hall–Kier alpha value is -1.42. The summed E-state index contributed by atoms with van der Waals surface area (Å²) in [5.74, 6) is 0. The molecule has 0 unspecified atom stereocenters. The van der Waals surface area contributed by atoms with Crippen LogP contribution in [0.5, 0.6) is 0 Å². The largest absolute Gasteiger partial charge is 0.388 e. The molecule has 0 aliphatic carbocycles. The average molecular weight is 191 g/mol. The number of nitrogens with zero attached hydrogens (tertiary/aromatic N) is 2. The standard InChI is InChI=1S/C9H9N3S/c1-6-2-3-8-11-7(9(10)13)5-12(8)4-6/h2-5H,1H3,(H2,10,13). The van der Waals surface area contributed by atoms with Crippen LogP contribution in [0.25, 0.3) is 5.65 Å². The van der Waals surface area contributed by atoms with Crippen molar-refractivity contribution in [3.8, 4) is 0 Å². The minimum absolute atomic E-state index is 0.335. The number of hydrogen-bond acceptors (Lipinski definition) is 2. The molecule has 2 heterocycles. The highest BCUT2D eigenvalue weighted by Crippen LogP contribution is 2.06. The lowest BCUT2D eigenvalue weighted by atomic mass is 10.3. The summed E-state index contributed by atoms with van der Waals surface area (Å²) in [6.07, 6.45) is 3.83. The van der Waals surface area contributed by atoms with E-state index in [-0.39, 0.29) is 0 Å². The van der Waals surface area contributed by atoms with Crippen molar-refractivity contribution in [3.05, 3.63) is 35.8 Å². The predicted octanol–water partition coefficient (Wildman–Crippen LogP) is 1.28. The lowest BCUT2D eigenvalue weighted by Crippen LogP contribution is -2.09. The van der Waals surface area contributed by atoms with Crippen molar-refractivity contribution in [2.45, 2.75) is 6.92 Å². The first kappa shape index (κ1) is 8.19. The molecule has 3 nitrogen and oxygen atoms in total. The minimum Gasteiger partial charge on any atom is -0.388 e. The van der Waals surface area contributed by atoms with E-state index in [0.29, 0.717) is 10.7 Å². The smallest absolute Gasteiger partial charge is 0.137 e. The van der Waals surface area contributed by atoms with Crippen molar-refractivity contribution in [2.24, 2.45) is 5.73 Å². The second-order valence-electron chi connectivity index (χ2n) is 2.96. The molecule has 0 saturated carbocycles. The van der Waals surface area contributed by atoms with Crippen LogP contribution in [0.3, 0.4) is 0 Å². The van der Waals surface area contributed by atoms with Crippen molar-refractivity contribution >= 4 is 22.9 Å². The predicted molar refractivity (Wildman–Crippen MR) is 55.8 cm³/mol. The van der Waals surface area contributed by atoms with E-state index < -0.39 is 0 Å². The van der Waals surface area contributed by atoms with Gasteiger partial charge in [-0.1, -0.05) is 18.3 Å². The summed E-state index contributed by atoms with van der Waals surface area (Å²) in [4.78, 5) is 4.58. The quantitative estimate of drug-likeness (QED) is 0.690. The average Bonchev–Trinajstić information content (AvgIpc) is 2.46. The molecule has 0 radical (unpaired) electrons. The summed E-state index contributed by atoms with van der Waals surface area (Å²) in [6, 6.07) is 3.95. The second-order valence-corrected chi connectivity index (χ2v) is 3.40. The lowest BCUT2D eigenvalue weighted by Gasteiger charge is -1.92. The molecule has 0 aromatic carbocycles. The Bertz CT molecular complexity index is 473. The van der Waals surface area contributed by atoms with E-state index >= 15 is 0 Å². The molecular weight excluding hydrogens is 182 g/mol. The van der Waals surface area contributed by atoms with Crippen LogP contribution in [-0.2, 0) is 0 Å². The van der Waals surface area contributed by atoms with Gasteiger partial charge in [-0.15, -0.1) is 0 Å². The van der Waals surface area contributed by atoms with Crippen LogP contribution < -0.4 is 5.73 Å². The summed E-state index contributed by atoms with van der Waals surface area (Å²) < 4.78 is 1.92. The first-order valence-electron chi connectivity index (χ1n) is 3.92. The fraction of sp³-hybridized carbons (Fsp3) is 0.111. The summed E-state index contributed by atoms with van der Waals surface area (Å²) in [7, 11) is 0. The van der Waals surface area contributed by atoms with Gasteiger partial charge in [0.15, 0.2) is 0 Å². The van der Waals surface area contributed by atoms with Gasteiger partial charge in [0, 0.05) is 12.4 Å².